The second kappa shape index (κ2) is 8.53. The Bertz CT molecular complexity index is 644. The van der Waals surface area contributed by atoms with Crippen molar-refractivity contribution in [1.82, 2.24) is 0 Å². The van der Waals surface area contributed by atoms with Gasteiger partial charge in [0.2, 0.25) is 0 Å². The summed E-state index contributed by atoms with van der Waals surface area (Å²) >= 11 is 0. The van der Waals surface area contributed by atoms with Gasteiger partial charge in [-0.1, -0.05) is 55.8 Å². The number of hydrogen-bond donors (Lipinski definition) is 0. The molecule has 0 saturated heterocycles. The first-order valence-electron chi connectivity index (χ1n) is 8.48. The number of carbonyl (C=O) groups is 1. The van der Waals surface area contributed by atoms with Crippen LogP contribution < -0.4 is 4.74 Å². The van der Waals surface area contributed by atoms with Gasteiger partial charge in [-0.15, -0.1) is 0 Å². The number of esters is 1. The van der Waals surface area contributed by atoms with Crippen LogP contribution in [0.1, 0.15) is 55.9 Å². The average Bonchev–Trinajstić information content (AvgIpc) is 2.60. The molecule has 0 aliphatic heterocycles. The van der Waals surface area contributed by atoms with Crippen LogP contribution in [-0.4, -0.2) is 12.6 Å². The molecule has 2 rings (SSSR count). The molecule has 2 unspecified atom stereocenters. The SMILES string of the molecule is CCC(C)c1ccc(OCC(=O)OC(C)c2ccc(C)cc2)cc1. The van der Waals surface area contributed by atoms with Crippen LogP contribution >= 0.6 is 0 Å². The van der Waals surface area contributed by atoms with Crippen molar-refractivity contribution in [3.8, 4) is 5.75 Å². The fraction of sp³-hybridized carbons (Fsp3) is 0.381. The Morgan fingerprint density at radius 1 is 0.958 bits per heavy atom. The third kappa shape index (κ3) is 5.12. The molecule has 0 bridgehead atoms. The fourth-order valence-electron chi connectivity index (χ4n) is 2.41. The van der Waals surface area contributed by atoms with E-state index >= 15 is 0 Å². The number of carbonyl (C=O) groups excluding carboxylic acids is 1. The molecule has 24 heavy (non-hydrogen) atoms. The summed E-state index contributed by atoms with van der Waals surface area (Å²) in [6.45, 7) is 8.17. The topological polar surface area (TPSA) is 35.5 Å². The molecule has 0 heterocycles. The van der Waals surface area contributed by atoms with Crippen LogP contribution in [0.5, 0.6) is 5.75 Å². The summed E-state index contributed by atoms with van der Waals surface area (Å²) < 4.78 is 10.9. The van der Waals surface area contributed by atoms with Crippen LogP contribution in [0.3, 0.4) is 0 Å². The number of aryl methyl sites for hydroxylation is 1. The average molecular weight is 326 g/mol. The lowest BCUT2D eigenvalue weighted by atomic mass is 9.99. The van der Waals surface area contributed by atoms with E-state index in [-0.39, 0.29) is 18.7 Å². The summed E-state index contributed by atoms with van der Waals surface area (Å²) in [5.74, 6) is 0.843. The zero-order valence-corrected chi connectivity index (χ0v) is 14.9. The molecule has 0 aliphatic carbocycles. The quantitative estimate of drug-likeness (QED) is 0.657. The van der Waals surface area contributed by atoms with Gasteiger partial charge in [-0.2, -0.15) is 0 Å². The molecular formula is C21H26O3. The first-order chi connectivity index (χ1) is 11.5. The summed E-state index contributed by atoms with van der Waals surface area (Å²) in [5, 5.41) is 0. The van der Waals surface area contributed by atoms with Crippen molar-refractivity contribution >= 4 is 5.97 Å². The third-order valence-electron chi connectivity index (χ3n) is 4.27. The molecule has 0 fully saturated rings. The lowest BCUT2D eigenvalue weighted by Gasteiger charge is -2.14. The minimum absolute atomic E-state index is 0.0844. The minimum atomic E-state index is -0.367. The highest BCUT2D eigenvalue weighted by Gasteiger charge is 2.12. The molecule has 0 amide bonds. The maximum absolute atomic E-state index is 11.9. The number of benzene rings is 2. The molecule has 0 N–H and O–H groups in total. The highest BCUT2D eigenvalue weighted by atomic mass is 16.6. The normalized spacial score (nSPS) is 13.2. The van der Waals surface area contributed by atoms with E-state index < -0.39 is 0 Å². The number of hydrogen-bond acceptors (Lipinski definition) is 3. The molecule has 2 aromatic rings. The lowest BCUT2D eigenvalue weighted by molar-refractivity contribution is -0.151. The Hall–Kier alpha value is -2.29. The molecule has 128 valence electrons. The largest absolute Gasteiger partial charge is 0.482 e. The Kier molecular flexibility index (Phi) is 6.42. The first-order valence-corrected chi connectivity index (χ1v) is 8.48. The van der Waals surface area contributed by atoms with Gasteiger partial charge >= 0.3 is 5.97 Å². The van der Waals surface area contributed by atoms with Gasteiger partial charge in [-0.25, -0.2) is 4.79 Å². The lowest BCUT2D eigenvalue weighted by Crippen LogP contribution is -2.17. The zero-order chi connectivity index (χ0) is 17.5. The Balaban J connectivity index is 1.83. The standard InChI is InChI=1S/C21H26O3/c1-5-16(3)18-10-12-20(13-11-18)23-14-21(22)24-17(4)19-8-6-15(2)7-9-19/h6-13,16-17H,5,14H2,1-4H3. The van der Waals surface area contributed by atoms with Crippen molar-refractivity contribution < 1.29 is 14.3 Å². The van der Waals surface area contributed by atoms with E-state index in [0.717, 1.165) is 12.0 Å². The summed E-state index contributed by atoms with van der Waals surface area (Å²) in [4.78, 5) is 11.9. The maximum Gasteiger partial charge on any atom is 0.344 e. The van der Waals surface area contributed by atoms with E-state index in [1.165, 1.54) is 11.1 Å². The zero-order valence-electron chi connectivity index (χ0n) is 14.9. The Morgan fingerprint density at radius 2 is 1.54 bits per heavy atom. The molecule has 0 saturated carbocycles. The van der Waals surface area contributed by atoms with E-state index in [4.69, 9.17) is 9.47 Å². The second-order valence-electron chi connectivity index (χ2n) is 6.21. The van der Waals surface area contributed by atoms with Gasteiger partial charge in [-0.05, 0) is 49.4 Å². The Morgan fingerprint density at radius 3 is 2.12 bits per heavy atom. The van der Waals surface area contributed by atoms with Crippen molar-refractivity contribution in [2.45, 2.75) is 46.1 Å². The minimum Gasteiger partial charge on any atom is -0.482 e. The Labute approximate surface area is 144 Å². The van der Waals surface area contributed by atoms with Gasteiger partial charge in [0.25, 0.3) is 0 Å². The second-order valence-corrected chi connectivity index (χ2v) is 6.21. The smallest absolute Gasteiger partial charge is 0.344 e. The highest BCUT2D eigenvalue weighted by molar-refractivity contribution is 5.71. The van der Waals surface area contributed by atoms with Crippen LogP contribution in [0.25, 0.3) is 0 Å². The van der Waals surface area contributed by atoms with Crippen LogP contribution in [0.15, 0.2) is 48.5 Å². The predicted octanol–water partition coefficient (Wildman–Crippen LogP) is 5.19. The van der Waals surface area contributed by atoms with E-state index in [9.17, 15) is 4.79 Å². The molecule has 3 nitrogen and oxygen atoms in total. The van der Waals surface area contributed by atoms with E-state index in [2.05, 4.69) is 13.8 Å². The molecule has 0 spiro atoms. The van der Waals surface area contributed by atoms with E-state index in [1.54, 1.807) is 0 Å². The molecular weight excluding hydrogens is 300 g/mol. The van der Waals surface area contributed by atoms with Crippen LogP contribution in [0, 0.1) is 6.92 Å². The molecule has 2 aromatic carbocycles. The van der Waals surface area contributed by atoms with Gasteiger partial charge < -0.3 is 9.47 Å². The van der Waals surface area contributed by atoms with Crippen molar-refractivity contribution in [2.24, 2.45) is 0 Å². The maximum atomic E-state index is 11.9. The fourth-order valence-corrected chi connectivity index (χ4v) is 2.41. The van der Waals surface area contributed by atoms with Crippen LogP contribution in [0.2, 0.25) is 0 Å². The molecule has 0 aromatic heterocycles. The van der Waals surface area contributed by atoms with Crippen molar-refractivity contribution in [1.29, 1.82) is 0 Å². The van der Waals surface area contributed by atoms with Crippen LogP contribution in [0.4, 0.5) is 0 Å². The van der Waals surface area contributed by atoms with Gasteiger partial charge in [0.15, 0.2) is 6.61 Å². The van der Waals surface area contributed by atoms with Crippen molar-refractivity contribution in [3.63, 3.8) is 0 Å². The van der Waals surface area contributed by atoms with Gasteiger partial charge in [0, 0.05) is 0 Å². The summed E-state index contributed by atoms with van der Waals surface area (Å²) in [7, 11) is 0. The molecule has 0 radical (unpaired) electrons. The summed E-state index contributed by atoms with van der Waals surface area (Å²) in [5.41, 5.74) is 3.44. The van der Waals surface area contributed by atoms with E-state index in [1.807, 2.05) is 62.4 Å². The van der Waals surface area contributed by atoms with Crippen molar-refractivity contribution in [3.05, 3.63) is 65.2 Å². The first kappa shape index (κ1) is 18.1. The molecule has 2 atom stereocenters. The van der Waals surface area contributed by atoms with Gasteiger partial charge in [0.05, 0.1) is 0 Å². The van der Waals surface area contributed by atoms with Crippen molar-refractivity contribution in [2.75, 3.05) is 6.61 Å². The predicted molar refractivity (Wildman–Crippen MR) is 96.3 cm³/mol. The number of rotatable bonds is 7. The van der Waals surface area contributed by atoms with Crippen LogP contribution in [-0.2, 0) is 9.53 Å². The van der Waals surface area contributed by atoms with Gasteiger partial charge in [-0.3, -0.25) is 0 Å². The highest BCUT2D eigenvalue weighted by Crippen LogP contribution is 2.22. The van der Waals surface area contributed by atoms with Gasteiger partial charge in [0.1, 0.15) is 11.9 Å². The van der Waals surface area contributed by atoms with E-state index in [0.29, 0.717) is 11.7 Å². The monoisotopic (exact) mass is 326 g/mol. The third-order valence-corrected chi connectivity index (χ3v) is 4.27. The number of ether oxygens (including phenoxy) is 2. The summed E-state index contributed by atoms with van der Waals surface area (Å²) in [6, 6.07) is 15.9. The molecule has 0 aliphatic rings. The molecule has 3 heteroatoms. The summed E-state index contributed by atoms with van der Waals surface area (Å²) in [6.07, 6.45) is 0.818.